The largest absolute Gasteiger partial charge is 0.452 e. The lowest BCUT2D eigenvalue weighted by atomic mass is 9.99. The normalized spacial score (nSPS) is 26.8. The molecule has 6 nitrogen and oxygen atoms in total. The first kappa shape index (κ1) is 21.8. The Morgan fingerprint density at radius 1 is 1.07 bits per heavy atom. The molecule has 1 aliphatic heterocycles. The Labute approximate surface area is 174 Å². The number of hydrogen-bond acceptors (Lipinski definition) is 7. The molecule has 0 amide bonds. The lowest BCUT2D eigenvalue weighted by Gasteiger charge is -2.43. The number of esters is 1. The number of aliphatic hydroxyl groups excluding tert-OH is 2. The summed E-state index contributed by atoms with van der Waals surface area (Å²) < 4.78 is 17.5. The van der Waals surface area contributed by atoms with Crippen LogP contribution in [-0.2, 0) is 20.8 Å². The molecule has 0 aromatic heterocycles. The van der Waals surface area contributed by atoms with Gasteiger partial charge in [-0.25, -0.2) is 4.79 Å². The van der Waals surface area contributed by atoms with Crippen LogP contribution in [0.15, 0.2) is 60.7 Å². The molecule has 0 radical (unpaired) electrons. The van der Waals surface area contributed by atoms with Gasteiger partial charge in [-0.2, -0.15) is 0 Å². The molecule has 2 aromatic rings. The number of carbonyl (C=O) groups excluding carboxylic acids is 1. The fraction of sp³-hybridized carbons (Fsp3) is 0.409. The monoisotopic (exact) mass is 418 g/mol. The number of aliphatic hydroxyl groups is 2. The van der Waals surface area contributed by atoms with Gasteiger partial charge < -0.3 is 24.4 Å². The van der Waals surface area contributed by atoms with E-state index in [0.29, 0.717) is 11.3 Å². The van der Waals surface area contributed by atoms with Crippen LogP contribution in [0.3, 0.4) is 0 Å². The molecule has 1 aliphatic rings. The van der Waals surface area contributed by atoms with Crippen LogP contribution < -0.4 is 0 Å². The maximum absolute atomic E-state index is 12.6. The van der Waals surface area contributed by atoms with Crippen molar-refractivity contribution in [3.05, 3.63) is 71.8 Å². The smallest absolute Gasteiger partial charge is 0.338 e. The average Bonchev–Trinajstić information content (AvgIpc) is 2.76. The molecule has 2 N–H and O–H groups in total. The minimum absolute atomic E-state index is 0.243. The molecule has 0 unspecified atom stereocenters. The van der Waals surface area contributed by atoms with Gasteiger partial charge in [0.05, 0.1) is 18.8 Å². The minimum Gasteiger partial charge on any atom is -0.452 e. The van der Waals surface area contributed by atoms with Crippen LogP contribution in [0.25, 0.3) is 0 Å². The van der Waals surface area contributed by atoms with E-state index in [-0.39, 0.29) is 13.2 Å². The minimum atomic E-state index is -1.14. The van der Waals surface area contributed by atoms with Crippen molar-refractivity contribution in [2.75, 3.05) is 12.4 Å². The van der Waals surface area contributed by atoms with E-state index < -0.39 is 35.8 Å². The lowest BCUT2D eigenvalue weighted by Crippen LogP contribution is -2.59. The summed E-state index contributed by atoms with van der Waals surface area (Å²) in [5.74, 6) is 0.161. The highest BCUT2D eigenvalue weighted by Gasteiger charge is 2.48. The van der Waals surface area contributed by atoms with Gasteiger partial charge in [0, 0.05) is 0 Å². The fourth-order valence-corrected chi connectivity index (χ4v) is 4.16. The van der Waals surface area contributed by atoms with E-state index in [2.05, 4.69) is 0 Å². The second-order valence-electron chi connectivity index (χ2n) is 6.67. The Kier molecular flexibility index (Phi) is 8.09. The summed E-state index contributed by atoms with van der Waals surface area (Å²) >= 11 is 1.41. The van der Waals surface area contributed by atoms with Crippen molar-refractivity contribution in [3.63, 3.8) is 0 Å². The highest BCUT2D eigenvalue weighted by molar-refractivity contribution is 7.99. The van der Waals surface area contributed by atoms with Gasteiger partial charge in [-0.05, 0) is 23.4 Å². The molecule has 0 spiro atoms. The predicted molar refractivity (Wildman–Crippen MR) is 111 cm³/mol. The quantitative estimate of drug-likeness (QED) is 0.638. The van der Waals surface area contributed by atoms with Gasteiger partial charge in [0.25, 0.3) is 0 Å². The number of rotatable bonds is 8. The van der Waals surface area contributed by atoms with Gasteiger partial charge in [0.1, 0.15) is 23.7 Å². The highest BCUT2D eigenvalue weighted by atomic mass is 32.2. The molecule has 5 atom stereocenters. The van der Waals surface area contributed by atoms with Gasteiger partial charge in [0.15, 0.2) is 6.10 Å². The van der Waals surface area contributed by atoms with Crippen molar-refractivity contribution in [1.29, 1.82) is 0 Å². The molecular formula is C22H26O6S. The second-order valence-corrected chi connectivity index (χ2v) is 8.04. The van der Waals surface area contributed by atoms with E-state index in [4.69, 9.17) is 14.2 Å². The van der Waals surface area contributed by atoms with Crippen molar-refractivity contribution < 1.29 is 29.2 Å². The molecule has 29 heavy (non-hydrogen) atoms. The van der Waals surface area contributed by atoms with Gasteiger partial charge >= 0.3 is 5.97 Å². The van der Waals surface area contributed by atoms with E-state index in [1.807, 2.05) is 43.3 Å². The Balaban J connectivity index is 1.75. The van der Waals surface area contributed by atoms with Gasteiger partial charge in [-0.1, -0.05) is 55.5 Å². The van der Waals surface area contributed by atoms with Crippen molar-refractivity contribution in [1.82, 2.24) is 0 Å². The molecule has 7 heteroatoms. The van der Waals surface area contributed by atoms with Crippen molar-refractivity contribution >= 4 is 17.7 Å². The van der Waals surface area contributed by atoms with Crippen LogP contribution in [0.2, 0.25) is 0 Å². The van der Waals surface area contributed by atoms with Crippen LogP contribution >= 0.6 is 11.8 Å². The topological polar surface area (TPSA) is 85.2 Å². The van der Waals surface area contributed by atoms with Crippen molar-refractivity contribution in [2.45, 2.75) is 43.4 Å². The van der Waals surface area contributed by atoms with Crippen LogP contribution in [0, 0.1) is 0 Å². The van der Waals surface area contributed by atoms with E-state index in [1.54, 1.807) is 24.3 Å². The molecular weight excluding hydrogens is 392 g/mol. The number of thioether (sulfide) groups is 1. The Hall–Kier alpha value is -1.90. The number of carbonyl (C=O) groups is 1. The molecule has 0 saturated carbocycles. The zero-order valence-electron chi connectivity index (χ0n) is 16.2. The Bertz CT molecular complexity index is 756. The van der Waals surface area contributed by atoms with Crippen LogP contribution in [0.5, 0.6) is 0 Å². The van der Waals surface area contributed by atoms with E-state index >= 15 is 0 Å². The summed E-state index contributed by atoms with van der Waals surface area (Å²) in [4.78, 5) is 12.6. The molecule has 2 aromatic carbocycles. The zero-order chi connectivity index (χ0) is 20.6. The maximum Gasteiger partial charge on any atom is 0.338 e. The Morgan fingerprint density at radius 3 is 2.34 bits per heavy atom. The summed E-state index contributed by atoms with van der Waals surface area (Å²) in [7, 11) is 0. The lowest BCUT2D eigenvalue weighted by molar-refractivity contribution is -0.224. The molecule has 0 aliphatic carbocycles. The van der Waals surface area contributed by atoms with E-state index in [1.165, 1.54) is 11.8 Å². The number of hydrogen-bond donors (Lipinski definition) is 2. The predicted octanol–water partition coefficient (Wildman–Crippen LogP) is 2.63. The average molecular weight is 419 g/mol. The van der Waals surface area contributed by atoms with Gasteiger partial charge in [-0.15, -0.1) is 11.8 Å². The standard InChI is InChI=1S/C22H26O6S/c1-2-29-22-20(28-21(25)16-11-7-4-8-12-16)18(24)19(17(13-23)27-22)26-14-15-9-5-3-6-10-15/h3-12,17-20,22-24H,2,13-14H2,1H3/t17-,18+,19-,20+,22-/m1/s1. The van der Waals surface area contributed by atoms with Crippen molar-refractivity contribution in [3.8, 4) is 0 Å². The first-order chi connectivity index (χ1) is 14.1. The first-order valence-corrected chi connectivity index (χ1v) is 10.7. The van der Waals surface area contributed by atoms with Crippen LogP contribution in [-0.4, -0.2) is 58.4 Å². The molecule has 0 bridgehead atoms. The maximum atomic E-state index is 12.6. The molecule has 1 saturated heterocycles. The summed E-state index contributed by atoms with van der Waals surface area (Å²) in [5, 5.41) is 20.8. The first-order valence-electron chi connectivity index (χ1n) is 9.61. The second kappa shape index (κ2) is 10.8. The molecule has 156 valence electrons. The summed E-state index contributed by atoms with van der Waals surface area (Å²) in [5.41, 5.74) is 0.724. The SMILES string of the molecule is CCS[C@H]1O[C@H](CO)[C@@H](OCc2ccccc2)[C@H](O)[C@@H]1OC(=O)c1ccccc1. The highest BCUT2D eigenvalue weighted by Crippen LogP contribution is 2.32. The molecule has 3 rings (SSSR count). The zero-order valence-corrected chi connectivity index (χ0v) is 17.0. The third kappa shape index (κ3) is 5.58. The third-order valence-corrected chi connectivity index (χ3v) is 5.71. The molecule has 1 heterocycles. The number of benzene rings is 2. The summed E-state index contributed by atoms with van der Waals surface area (Å²) in [6, 6.07) is 18.1. The summed E-state index contributed by atoms with van der Waals surface area (Å²) in [6.45, 7) is 1.88. The van der Waals surface area contributed by atoms with Crippen LogP contribution in [0.4, 0.5) is 0 Å². The third-order valence-electron chi connectivity index (χ3n) is 4.67. The van der Waals surface area contributed by atoms with Gasteiger partial charge in [-0.3, -0.25) is 0 Å². The summed E-state index contributed by atoms with van der Waals surface area (Å²) in [6.07, 6.45) is -3.61. The van der Waals surface area contributed by atoms with Gasteiger partial charge in [0.2, 0.25) is 0 Å². The van der Waals surface area contributed by atoms with Crippen LogP contribution in [0.1, 0.15) is 22.8 Å². The van der Waals surface area contributed by atoms with E-state index in [0.717, 1.165) is 5.56 Å². The molecule has 1 fully saturated rings. The number of ether oxygens (including phenoxy) is 3. The van der Waals surface area contributed by atoms with Crippen molar-refractivity contribution in [2.24, 2.45) is 0 Å². The fourth-order valence-electron chi connectivity index (χ4n) is 3.20. The Morgan fingerprint density at radius 2 is 1.72 bits per heavy atom. The van der Waals surface area contributed by atoms with E-state index in [9.17, 15) is 15.0 Å².